The molecule has 19 heavy (non-hydrogen) atoms. The van der Waals surface area contributed by atoms with Crippen molar-refractivity contribution in [2.45, 2.75) is 0 Å². The lowest BCUT2D eigenvalue weighted by molar-refractivity contribution is 0.0697. The molecule has 0 spiro atoms. The molecule has 3 aromatic rings. The first-order chi connectivity index (χ1) is 9.24. The smallest absolute Gasteiger partial charge is 0.335 e. The zero-order chi connectivity index (χ0) is 13.2. The number of thiophene rings is 1. The highest BCUT2D eigenvalue weighted by Crippen LogP contribution is 2.30. The molecule has 0 radical (unpaired) electrons. The van der Waals surface area contributed by atoms with Crippen LogP contribution in [0, 0.1) is 0 Å². The fourth-order valence-corrected chi connectivity index (χ4v) is 3.16. The van der Waals surface area contributed by atoms with Crippen LogP contribution in [-0.4, -0.2) is 21.0 Å². The Kier molecular flexibility index (Phi) is 3.10. The zero-order valence-electron chi connectivity index (χ0n) is 9.61. The number of hydrogen-bond acceptors (Lipinski definition) is 5. The highest BCUT2D eigenvalue weighted by atomic mass is 32.1. The monoisotopic (exact) mass is 288 g/mol. The number of nitrogens with zero attached hydrogens (tertiary/aromatic N) is 2. The van der Waals surface area contributed by atoms with E-state index in [0.717, 1.165) is 15.6 Å². The van der Waals surface area contributed by atoms with E-state index in [1.54, 1.807) is 17.4 Å². The second kappa shape index (κ2) is 4.91. The molecule has 6 heteroatoms. The summed E-state index contributed by atoms with van der Waals surface area (Å²) in [4.78, 5) is 20.7. The van der Waals surface area contributed by atoms with Gasteiger partial charge < -0.3 is 5.11 Å². The van der Waals surface area contributed by atoms with Crippen molar-refractivity contribution in [3.63, 3.8) is 0 Å². The van der Waals surface area contributed by atoms with Crippen molar-refractivity contribution in [1.29, 1.82) is 0 Å². The zero-order valence-corrected chi connectivity index (χ0v) is 11.2. The van der Waals surface area contributed by atoms with E-state index in [-0.39, 0.29) is 5.56 Å². The van der Waals surface area contributed by atoms with Gasteiger partial charge in [0.1, 0.15) is 5.01 Å². The van der Waals surface area contributed by atoms with E-state index in [1.165, 1.54) is 23.6 Å². The molecule has 3 aromatic heterocycles. The number of aromatic carboxylic acids is 1. The summed E-state index contributed by atoms with van der Waals surface area (Å²) in [5, 5.41) is 13.6. The number of carboxylic acids is 1. The van der Waals surface area contributed by atoms with Crippen molar-refractivity contribution in [3.8, 4) is 21.3 Å². The van der Waals surface area contributed by atoms with Crippen LogP contribution in [0.25, 0.3) is 21.3 Å². The van der Waals surface area contributed by atoms with Crippen LogP contribution >= 0.6 is 22.7 Å². The second-order valence-corrected chi connectivity index (χ2v) is 5.56. The van der Waals surface area contributed by atoms with Gasteiger partial charge in [-0.1, -0.05) is 6.07 Å². The summed E-state index contributed by atoms with van der Waals surface area (Å²) in [7, 11) is 0. The minimum Gasteiger partial charge on any atom is -0.478 e. The molecule has 0 unspecified atom stereocenters. The minimum absolute atomic E-state index is 0.220. The molecule has 3 heterocycles. The van der Waals surface area contributed by atoms with Crippen LogP contribution in [0.1, 0.15) is 10.4 Å². The summed E-state index contributed by atoms with van der Waals surface area (Å²) in [6, 6.07) is 6.99. The quantitative estimate of drug-likeness (QED) is 0.799. The van der Waals surface area contributed by atoms with Gasteiger partial charge in [0.2, 0.25) is 0 Å². The highest BCUT2D eigenvalue weighted by Gasteiger charge is 2.10. The van der Waals surface area contributed by atoms with E-state index in [1.807, 2.05) is 22.9 Å². The fraction of sp³-hybridized carbons (Fsp3) is 0. The van der Waals surface area contributed by atoms with Crippen molar-refractivity contribution in [1.82, 2.24) is 9.97 Å². The summed E-state index contributed by atoms with van der Waals surface area (Å²) in [6.45, 7) is 0. The molecular formula is C13H8N2O2S2. The molecule has 0 bridgehead atoms. The summed E-state index contributed by atoms with van der Waals surface area (Å²) in [5.74, 6) is -0.960. The number of carbonyl (C=O) groups is 1. The van der Waals surface area contributed by atoms with Gasteiger partial charge in [-0.05, 0) is 23.6 Å². The predicted molar refractivity (Wildman–Crippen MR) is 75.6 cm³/mol. The fourth-order valence-electron chi connectivity index (χ4n) is 1.61. The third-order valence-corrected chi connectivity index (χ3v) is 4.26. The third kappa shape index (κ3) is 2.40. The van der Waals surface area contributed by atoms with Crippen LogP contribution in [0.3, 0.4) is 0 Å². The molecule has 1 N–H and O–H groups in total. The topological polar surface area (TPSA) is 63.1 Å². The Morgan fingerprint density at radius 2 is 2.11 bits per heavy atom. The molecule has 0 saturated heterocycles. The Hall–Kier alpha value is -2.05. The maximum absolute atomic E-state index is 10.9. The largest absolute Gasteiger partial charge is 0.478 e. The molecule has 3 rings (SSSR count). The van der Waals surface area contributed by atoms with Crippen molar-refractivity contribution in [3.05, 3.63) is 46.8 Å². The van der Waals surface area contributed by atoms with Crippen LogP contribution in [0.2, 0.25) is 0 Å². The average Bonchev–Trinajstić information content (AvgIpc) is 3.09. The van der Waals surface area contributed by atoms with Gasteiger partial charge in [0, 0.05) is 11.6 Å². The van der Waals surface area contributed by atoms with E-state index >= 15 is 0 Å². The van der Waals surface area contributed by atoms with Crippen molar-refractivity contribution >= 4 is 28.6 Å². The Morgan fingerprint density at radius 1 is 1.21 bits per heavy atom. The van der Waals surface area contributed by atoms with E-state index in [9.17, 15) is 4.79 Å². The molecule has 0 atom stereocenters. The predicted octanol–water partition coefficient (Wildman–Crippen LogP) is 3.63. The summed E-state index contributed by atoms with van der Waals surface area (Å²) < 4.78 is 0. The van der Waals surface area contributed by atoms with Crippen molar-refractivity contribution in [2.24, 2.45) is 0 Å². The lowest BCUT2D eigenvalue weighted by atomic mass is 10.2. The molecular weight excluding hydrogens is 280 g/mol. The first-order valence-electron chi connectivity index (χ1n) is 5.43. The highest BCUT2D eigenvalue weighted by molar-refractivity contribution is 7.15. The lowest BCUT2D eigenvalue weighted by Crippen LogP contribution is -1.97. The standard InChI is InChI=1S/C13H8N2O2S2/c16-13(17)8-3-4-14-9(6-8)12-15-10(7-19-12)11-2-1-5-18-11/h1-7H,(H,16,17). The van der Waals surface area contributed by atoms with Crippen molar-refractivity contribution < 1.29 is 9.90 Å². The summed E-state index contributed by atoms with van der Waals surface area (Å²) in [5.41, 5.74) is 1.71. The Bertz CT molecular complexity index is 720. The van der Waals surface area contributed by atoms with Crippen LogP contribution in [-0.2, 0) is 0 Å². The number of rotatable bonds is 3. The van der Waals surface area contributed by atoms with Crippen LogP contribution in [0.15, 0.2) is 41.2 Å². The molecule has 0 aromatic carbocycles. The van der Waals surface area contributed by atoms with E-state index in [0.29, 0.717) is 5.69 Å². The van der Waals surface area contributed by atoms with Gasteiger partial charge in [-0.3, -0.25) is 4.98 Å². The first-order valence-corrected chi connectivity index (χ1v) is 7.19. The molecule has 0 amide bonds. The molecule has 0 aliphatic carbocycles. The number of pyridine rings is 1. The average molecular weight is 288 g/mol. The number of hydrogen-bond donors (Lipinski definition) is 1. The van der Waals surface area contributed by atoms with E-state index < -0.39 is 5.97 Å². The second-order valence-electron chi connectivity index (χ2n) is 3.75. The van der Waals surface area contributed by atoms with Crippen LogP contribution in [0.5, 0.6) is 0 Å². The maximum atomic E-state index is 10.9. The van der Waals surface area contributed by atoms with Crippen molar-refractivity contribution in [2.75, 3.05) is 0 Å². The van der Waals surface area contributed by atoms with Crippen LogP contribution < -0.4 is 0 Å². The van der Waals surface area contributed by atoms with Gasteiger partial charge in [-0.15, -0.1) is 22.7 Å². The molecule has 0 aliphatic heterocycles. The summed E-state index contributed by atoms with van der Waals surface area (Å²) >= 11 is 3.08. The van der Waals surface area contributed by atoms with Gasteiger partial charge in [0.05, 0.1) is 21.8 Å². The maximum Gasteiger partial charge on any atom is 0.335 e. The van der Waals surface area contributed by atoms with Gasteiger partial charge in [-0.2, -0.15) is 0 Å². The Morgan fingerprint density at radius 3 is 2.84 bits per heavy atom. The van der Waals surface area contributed by atoms with Crippen LogP contribution in [0.4, 0.5) is 0 Å². The van der Waals surface area contributed by atoms with Gasteiger partial charge in [-0.25, -0.2) is 9.78 Å². The molecule has 0 saturated carbocycles. The SMILES string of the molecule is O=C(O)c1ccnc(-c2nc(-c3cccs3)cs2)c1. The van der Waals surface area contributed by atoms with Gasteiger partial charge in [0.25, 0.3) is 0 Å². The molecule has 94 valence electrons. The normalized spacial score (nSPS) is 10.5. The molecule has 0 fully saturated rings. The molecule has 4 nitrogen and oxygen atoms in total. The molecule has 0 aliphatic rings. The Labute approximate surface area is 117 Å². The lowest BCUT2D eigenvalue weighted by Gasteiger charge is -1.97. The summed E-state index contributed by atoms with van der Waals surface area (Å²) in [6.07, 6.45) is 1.49. The minimum atomic E-state index is -0.960. The number of carboxylic acid groups (broad SMARTS) is 1. The third-order valence-electron chi connectivity index (χ3n) is 2.50. The van der Waals surface area contributed by atoms with E-state index in [2.05, 4.69) is 9.97 Å². The number of thiazole rings is 1. The van der Waals surface area contributed by atoms with Gasteiger partial charge >= 0.3 is 5.97 Å². The van der Waals surface area contributed by atoms with Gasteiger partial charge in [0.15, 0.2) is 0 Å². The first kappa shape index (κ1) is 12.0. The Balaban J connectivity index is 1.99. The van der Waals surface area contributed by atoms with E-state index in [4.69, 9.17) is 5.11 Å². The number of aromatic nitrogens is 2.